The van der Waals surface area contributed by atoms with Gasteiger partial charge in [-0.1, -0.05) is 17.3 Å². The molecule has 0 aliphatic heterocycles. The maximum Gasteiger partial charge on any atom is 0.265 e. The van der Waals surface area contributed by atoms with Crippen molar-refractivity contribution in [2.24, 2.45) is 5.16 Å². The highest BCUT2D eigenvalue weighted by Crippen LogP contribution is 2.27. The van der Waals surface area contributed by atoms with E-state index in [1.54, 1.807) is 37.4 Å². The molecule has 7 nitrogen and oxygen atoms in total. The largest absolute Gasteiger partial charge is 0.495 e. The number of hydrogen-bond acceptors (Lipinski definition) is 6. The highest BCUT2D eigenvalue weighted by atomic mass is 16.6. The van der Waals surface area contributed by atoms with E-state index < -0.39 is 0 Å². The van der Waals surface area contributed by atoms with Gasteiger partial charge in [0.15, 0.2) is 18.1 Å². The average Bonchev–Trinajstić information content (AvgIpc) is 2.66. The van der Waals surface area contributed by atoms with Gasteiger partial charge in [0.2, 0.25) is 0 Å². The van der Waals surface area contributed by atoms with Gasteiger partial charge in [-0.05, 0) is 37.3 Å². The van der Waals surface area contributed by atoms with E-state index in [0.29, 0.717) is 29.5 Å². The van der Waals surface area contributed by atoms with Crippen molar-refractivity contribution < 1.29 is 23.8 Å². The van der Waals surface area contributed by atoms with Gasteiger partial charge in [-0.15, -0.1) is 0 Å². The number of anilines is 1. The molecule has 2 aromatic carbocycles. The first-order valence-corrected chi connectivity index (χ1v) is 8.07. The number of nitrogens with zero attached hydrogens (tertiary/aromatic N) is 1. The number of hydrogen-bond donors (Lipinski definition) is 1. The first-order valence-electron chi connectivity index (χ1n) is 8.07. The number of nitrogens with one attached hydrogen (secondary N) is 1. The zero-order valence-corrected chi connectivity index (χ0v) is 15.0. The Hall–Kier alpha value is -3.22. The van der Waals surface area contributed by atoms with Crippen LogP contribution in [0.5, 0.6) is 17.2 Å². The van der Waals surface area contributed by atoms with Crippen LogP contribution < -0.4 is 19.5 Å². The second-order valence-electron chi connectivity index (χ2n) is 5.10. The smallest absolute Gasteiger partial charge is 0.265 e. The fourth-order valence-electron chi connectivity index (χ4n) is 2.17. The summed E-state index contributed by atoms with van der Waals surface area (Å²) in [6, 6.07) is 12.5. The summed E-state index contributed by atoms with van der Waals surface area (Å²) in [7, 11) is 3.11. The molecule has 1 amide bonds. The Kier molecular flexibility index (Phi) is 7.30. The summed E-state index contributed by atoms with van der Waals surface area (Å²) in [5.41, 5.74) is 1.33. The lowest BCUT2D eigenvalue weighted by Crippen LogP contribution is -2.17. The van der Waals surface area contributed by atoms with Crippen LogP contribution in [0.25, 0.3) is 0 Å². The minimum Gasteiger partial charge on any atom is -0.495 e. The SMILES string of the molecule is CCOc1ccc(/C=N/OCC(=O)Nc2ccccc2OC)cc1OC. The van der Waals surface area contributed by atoms with Crippen molar-refractivity contribution in [3.63, 3.8) is 0 Å². The topological polar surface area (TPSA) is 78.4 Å². The highest BCUT2D eigenvalue weighted by Gasteiger charge is 2.07. The number of carbonyl (C=O) groups excluding carboxylic acids is 1. The van der Waals surface area contributed by atoms with Crippen molar-refractivity contribution in [1.29, 1.82) is 0 Å². The van der Waals surface area contributed by atoms with Crippen LogP contribution >= 0.6 is 0 Å². The second-order valence-corrected chi connectivity index (χ2v) is 5.10. The molecule has 2 rings (SSSR count). The van der Waals surface area contributed by atoms with Gasteiger partial charge in [0.25, 0.3) is 5.91 Å². The minimum atomic E-state index is -0.337. The van der Waals surface area contributed by atoms with Gasteiger partial charge in [-0.2, -0.15) is 0 Å². The van der Waals surface area contributed by atoms with Crippen LogP contribution in [0.2, 0.25) is 0 Å². The standard InChI is InChI=1S/C19H22N2O5/c1-4-25-17-10-9-14(11-18(17)24-3)12-20-26-13-19(22)21-15-7-5-6-8-16(15)23-2/h5-12H,4,13H2,1-3H3,(H,21,22)/b20-12+. The van der Waals surface area contributed by atoms with Crippen molar-refractivity contribution in [1.82, 2.24) is 0 Å². The van der Waals surface area contributed by atoms with Crippen LogP contribution in [-0.4, -0.2) is 39.6 Å². The fourth-order valence-corrected chi connectivity index (χ4v) is 2.17. The van der Waals surface area contributed by atoms with Gasteiger partial charge in [-0.25, -0.2) is 0 Å². The van der Waals surface area contributed by atoms with Crippen molar-refractivity contribution in [3.05, 3.63) is 48.0 Å². The Balaban J connectivity index is 1.87. The fraction of sp³-hybridized carbons (Fsp3) is 0.263. The summed E-state index contributed by atoms with van der Waals surface area (Å²) in [5.74, 6) is 1.50. The molecule has 0 aliphatic rings. The molecule has 0 unspecified atom stereocenters. The number of rotatable bonds is 9. The van der Waals surface area contributed by atoms with Crippen LogP contribution in [-0.2, 0) is 9.63 Å². The summed E-state index contributed by atoms with van der Waals surface area (Å²) < 4.78 is 15.9. The minimum absolute atomic E-state index is 0.220. The molecule has 0 spiro atoms. The van der Waals surface area contributed by atoms with Crippen LogP contribution in [0.1, 0.15) is 12.5 Å². The molecule has 0 fully saturated rings. The lowest BCUT2D eigenvalue weighted by atomic mass is 10.2. The van der Waals surface area contributed by atoms with Gasteiger partial charge in [-0.3, -0.25) is 4.79 Å². The molecule has 0 bridgehead atoms. The van der Waals surface area contributed by atoms with Gasteiger partial charge in [0.05, 0.1) is 32.7 Å². The summed E-state index contributed by atoms with van der Waals surface area (Å²) in [4.78, 5) is 16.9. The zero-order valence-electron chi connectivity index (χ0n) is 15.0. The van der Waals surface area contributed by atoms with Crippen molar-refractivity contribution in [2.75, 3.05) is 32.8 Å². The Labute approximate surface area is 152 Å². The van der Waals surface area contributed by atoms with Gasteiger partial charge < -0.3 is 24.4 Å². The number of benzene rings is 2. The van der Waals surface area contributed by atoms with Crippen LogP contribution in [0.4, 0.5) is 5.69 Å². The summed E-state index contributed by atoms with van der Waals surface area (Å²) in [6.07, 6.45) is 1.49. The Morgan fingerprint density at radius 3 is 2.58 bits per heavy atom. The van der Waals surface area contributed by atoms with Crippen LogP contribution in [0.15, 0.2) is 47.6 Å². The summed E-state index contributed by atoms with van der Waals surface area (Å²) in [6.45, 7) is 2.23. The monoisotopic (exact) mass is 358 g/mol. The first-order chi connectivity index (χ1) is 12.7. The molecule has 26 heavy (non-hydrogen) atoms. The predicted molar refractivity (Wildman–Crippen MR) is 99.3 cm³/mol. The third-order valence-corrected chi connectivity index (χ3v) is 3.34. The third-order valence-electron chi connectivity index (χ3n) is 3.34. The van der Waals surface area contributed by atoms with E-state index in [-0.39, 0.29) is 12.5 Å². The number of carbonyl (C=O) groups is 1. The van der Waals surface area contributed by atoms with E-state index in [4.69, 9.17) is 19.0 Å². The molecule has 0 aliphatic carbocycles. The third kappa shape index (κ3) is 5.41. The Morgan fingerprint density at radius 1 is 1.08 bits per heavy atom. The number of methoxy groups -OCH3 is 2. The lowest BCUT2D eigenvalue weighted by Gasteiger charge is -2.09. The maximum atomic E-state index is 11.9. The van der Waals surface area contributed by atoms with E-state index in [1.807, 2.05) is 19.1 Å². The Morgan fingerprint density at radius 2 is 1.85 bits per heavy atom. The molecule has 0 aromatic heterocycles. The summed E-state index contributed by atoms with van der Waals surface area (Å²) >= 11 is 0. The number of oxime groups is 1. The van der Waals surface area contributed by atoms with Crippen molar-refractivity contribution in [2.45, 2.75) is 6.92 Å². The van der Waals surface area contributed by atoms with E-state index in [0.717, 1.165) is 5.56 Å². The van der Waals surface area contributed by atoms with Gasteiger partial charge >= 0.3 is 0 Å². The molecule has 0 radical (unpaired) electrons. The molecule has 7 heteroatoms. The molecule has 2 aromatic rings. The lowest BCUT2D eigenvalue weighted by molar-refractivity contribution is -0.120. The van der Waals surface area contributed by atoms with Crippen LogP contribution in [0, 0.1) is 0 Å². The van der Waals surface area contributed by atoms with E-state index in [2.05, 4.69) is 10.5 Å². The zero-order chi connectivity index (χ0) is 18.8. The van der Waals surface area contributed by atoms with Crippen molar-refractivity contribution >= 4 is 17.8 Å². The normalized spacial score (nSPS) is 10.4. The highest BCUT2D eigenvalue weighted by molar-refractivity contribution is 5.93. The van der Waals surface area contributed by atoms with E-state index >= 15 is 0 Å². The molecule has 0 heterocycles. The summed E-state index contributed by atoms with van der Waals surface area (Å²) in [5, 5.41) is 6.50. The quantitative estimate of drug-likeness (QED) is 0.550. The van der Waals surface area contributed by atoms with Gasteiger partial charge in [0, 0.05) is 5.56 Å². The molecule has 0 saturated heterocycles. The maximum absolute atomic E-state index is 11.9. The van der Waals surface area contributed by atoms with Gasteiger partial charge in [0.1, 0.15) is 5.75 Å². The average molecular weight is 358 g/mol. The molecule has 0 saturated carbocycles. The van der Waals surface area contributed by atoms with Crippen LogP contribution in [0.3, 0.4) is 0 Å². The van der Waals surface area contributed by atoms with E-state index in [1.165, 1.54) is 13.3 Å². The molecule has 0 atom stereocenters. The predicted octanol–water partition coefficient (Wildman–Crippen LogP) is 3.09. The molecular formula is C19H22N2O5. The molecule has 138 valence electrons. The molecule has 1 N–H and O–H groups in total. The second kappa shape index (κ2) is 9.93. The number of ether oxygens (including phenoxy) is 3. The van der Waals surface area contributed by atoms with Crippen molar-refractivity contribution in [3.8, 4) is 17.2 Å². The Bertz CT molecular complexity index is 761. The van der Waals surface area contributed by atoms with E-state index in [9.17, 15) is 4.79 Å². The molecular weight excluding hydrogens is 336 g/mol. The number of amides is 1. The first kappa shape index (κ1) is 19.1. The number of para-hydroxylation sites is 2.